The summed E-state index contributed by atoms with van der Waals surface area (Å²) in [5, 5.41) is 4.41. The fraction of sp³-hybridized carbons (Fsp3) is 0.438. The minimum Gasteiger partial charge on any atom is -0.476 e. The number of carbonyl (C=O) groups excluding carboxylic acids is 1. The van der Waals surface area contributed by atoms with Crippen LogP contribution in [0.25, 0.3) is 5.69 Å². The lowest BCUT2D eigenvalue weighted by Crippen LogP contribution is -2.27. The fourth-order valence-corrected chi connectivity index (χ4v) is 2.70. The number of carbonyl (C=O) groups is 1. The Hall–Kier alpha value is -2.09. The van der Waals surface area contributed by atoms with E-state index in [1.54, 1.807) is 30.6 Å². The van der Waals surface area contributed by atoms with Crippen LogP contribution in [-0.4, -0.2) is 46.3 Å². The van der Waals surface area contributed by atoms with Gasteiger partial charge in [0.15, 0.2) is 0 Å². The van der Waals surface area contributed by atoms with E-state index < -0.39 is 5.82 Å². The van der Waals surface area contributed by atoms with Gasteiger partial charge in [0.2, 0.25) is 11.8 Å². The summed E-state index contributed by atoms with van der Waals surface area (Å²) in [6.07, 6.45) is 5.01. The molecule has 0 spiro atoms. The molecule has 0 aliphatic heterocycles. The van der Waals surface area contributed by atoms with Gasteiger partial charge < -0.3 is 9.64 Å². The van der Waals surface area contributed by atoms with Crippen molar-refractivity contribution < 1.29 is 13.9 Å². The Morgan fingerprint density at radius 2 is 2.21 bits per heavy atom. The van der Waals surface area contributed by atoms with Gasteiger partial charge in [0, 0.05) is 25.3 Å². The predicted molar refractivity (Wildman–Crippen MR) is 93.6 cm³/mol. The highest BCUT2D eigenvalue weighted by molar-refractivity contribution is 7.98. The maximum Gasteiger partial charge on any atom is 0.241 e. The first kappa shape index (κ1) is 18.3. The molecule has 2 aromatic heterocycles. The standard InChI is InChI=1S/C16H21FN4O2S/c1-5-23-16-15(20(3)14(22)6-7-24-4)11(2)19-21(16)13-8-12(17)9-18-10-13/h8-10H,5-7H2,1-4H3. The van der Waals surface area contributed by atoms with Crippen molar-refractivity contribution in [3.8, 4) is 11.6 Å². The first-order chi connectivity index (χ1) is 11.5. The summed E-state index contributed by atoms with van der Waals surface area (Å²) in [5.41, 5.74) is 1.66. The van der Waals surface area contributed by atoms with Crippen LogP contribution >= 0.6 is 11.8 Å². The van der Waals surface area contributed by atoms with Crippen molar-refractivity contribution in [2.75, 3.05) is 30.6 Å². The van der Waals surface area contributed by atoms with Crippen LogP contribution < -0.4 is 9.64 Å². The molecule has 0 fully saturated rings. The monoisotopic (exact) mass is 352 g/mol. The second kappa shape index (κ2) is 8.14. The van der Waals surface area contributed by atoms with Gasteiger partial charge in [-0.25, -0.2) is 4.39 Å². The molecule has 2 rings (SSSR count). The maximum absolute atomic E-state index is 13.5. The van der Waals surface area contributed by atoms with Crippen molar-refractivity contribution in [3.63, 3.8) is 0 Å². The first-order valence-corrected chi connectivity index (χ1v) is 8.97. The van der Waals surface area contributed by atoms with Gasteiger partial charge in [-0.05, 0) is 20.1 Å². The lowest BCUT2D eigenvalue weighted by molar-refractivity contribution is -0.117. The SMILES string of the molecule is CCOc1c(N(C)C(=O)CCSC)c(C)nn1-c1cncc(F)c1. The Balaban J connectivity index is 2.47. The van der Waals surface area contributed by atoms with Crippen LogP contribution in [0.5, 0.6) is 5.88 Å². The van der Waals surface area contributed by atoms with Crippen LogP contribution in [0.2, 0.25) is 0 Å². The molecule has 0 radical (unpaired) electrons. The van der Waals surface area contributed by atoms with E-state index in [0.29, 0.717) is 36.0 Å². The Bertz CT molecular complexity index is 720. The number of hydrogen-bond donors (Lipinski definition) is 0. The maximum atomic E-state index is 13.5. The number of aromatic nitrogens is 3. The molecule has 0 aliphatic carbocycles. The molecule has 2 heterocycles. The van der Waals surface area contributed by atoms with Crippen LogP contribution in [0.4, 0.5) is 10.1 Å². The van der Waals surface area contributed by atoms with Gasteiger partial charge >= 0.3 is 0 Å². The Labute approximate surface area is 145 Å². The normalized spacial score (nSPS) is 10.7. The highest BCUT2D eigenvalue weighted by Crippen LogP contribution is 2.34. The van der Waals surface area contributed by atoms with E-state index in [4.69, 9.17) is 4.74 Å². The van der Waals surface area contributed by atoms with E-state index in [0.717, 1.165) is 11.9 Å². The van der Waals surface area contributed by atoms with Crippen molar-refractivity contribution in [3.05, 3.63) is 30.0 Å². The van der Waals surface area contributed by atoms with Crippen LogP contribution in [-0.2, 0) is 4.79 Å². The number of pyridine rings is 1. The van der Waals surface area contributed by atoms with Gasteiger partial charge in [0.25, 0.3) is 0 Å². The average molecular weight is 352 g/mol. The molecule has 1 amide bonds. The minimum atomic E-state index is -0.464. The lowest BCUT2D eigenvalue weighted by Gasteiger charge is -2.18. The topological polar surface area (TPSA) is 60.2 Å². The van der Waals surface area contributed by atoms with E-state index in [2.05, 4.69) is 10.1 Å². The quantitative estimate of drug-likeness (QED) is 0.767. The molecular weight excluding hydrogens is 331 g/mol. The third-order valence-corrected chi connectivity index (χ3v) is 4.05. The molecule has 2 aromatic rings. The molecular formula is C16H21FN4O2S. The third-order valence-electron chi connectivity index (χ3n) is 3.43. The summed E-state index contributed by atoms with van der Waals surface area (Å²) in [5.74, 6) is 0.662. The number of anilines is 1. The second-order valence-electron chi connectivity index (χ2n) is 5.14. The van der Waals surface area contributed by atoms with Gasteiger partial charge in [0.05, 0.1) is 30.4 Å². The zero-order chi connectivity index (χ0) is 17.7. The molecule has 6 nitrogen and oxygen atoms in total. The van der Waals surface area contributed by atoms with Crippen molar-refractivity contribution in [1.29, 1.82) is 0 Å². The lowest BCUT2D eigenvalue weighted by atomic mass is 10.3. The highest BCUT2D eigenvalue weighted by atomic mass is 32.2. The van der Waals surface area contributed by atoms with Gasteiger partial charge in [0.1, 0.15) is 11.5 Å². The molecule has 0 saturated heterocycles. The highest BCUT2D eigenvalue weighted by Gasteiger charge is 2.24. The van der Waals surface area contributed by atoms with Gasteiger partial charge in [-0.2, -0.15) is 21.5 Å². The second-order valence-corrected chi connectivity index (χ2v) is 6.13. The summed E-state index contributed by atoms with van der Waals surface area (Å²) in [7, 11) is 1.70. The van der Waals surface area contributed by atoms with Crippen LogP contribution in [0.3, 0.4) is 0 Å². The van der Waals surface area contributed by atoms with Crippen molar-refractivity contribution in [2.45, 2.75) is 20.3 Å². The Morgan fingerprint density at radius 1 is 1.46 bits per heavy atom. The number of aryl methyl sites for hydroxylation is 1. The molecule has 0 saturated carbocycles. The van der Waals surface area contributed by atoms with Crippen LogP contribution in [0, 0.1) is 12.7 Å². The summed E-state index contributed by atoms with van der Waals surface area (Å²) in [6.45, 7) is 4.03. The average Bonchev–Trinajstić information content (AvgIpc) is 2.88. The summed E-state index contributed by atoms with van der Waals surface area (Å²) in [4.78, 5) is 17.8. The van der Waals surface area contributed by atoms with Gasteiger partial charge in [-0.3, -0.25) is 9.78 Å². The number of nitrogens with zero attached hydrogens (tertiary/aromatic N) is 4. The van der Waals surface area contributed by atoms with E-state index in [-0.39, 0.29) is 5.91 Å². The Morgan fingerprint density at radius 3 is 2.83 bits per heavy atom. The number of amides is 1. The Kier molecular flexibility index (Phi) is 6.19. The molecule has 130 valence electrons. The molecule has 0 N–H and O–H groups in total. The van der Waals surface area contributed by atoms with E-state index in [1.165, 1.54) is 16.9 Å². The number of rotatable bonds is 7. The molecule has 0 bridgehead atoms. The molecule has 0 aliphatic rings. The number of halogens is 1. The molecule has 24 heavy (non-hydrogen) atoms. The molecule has 0 atom stereocenters. The number of hydrogen-bond acceptors (Lipinski definition) is 5. The van der Waals surface area contributed by atoms with Crippen molar-refractivity contribution in [1.82, 2.24) is 14.8 Å². The van der Waals surface area contributed by atoms with Gasteiger partial charge in [-0.1, -0.05) is 0 Å². The van der Waals surface area contributed by atoms with E-state index >= 15 is 0 Å². The van der Waals surface area contributed by atoms with E-state index in [1.807, 2.05) is 13.2 Å². The summed E-state index contributed by atoms with van der Waals surface area (Å²) < 4.78 is 20.7. The fourth-order valence-electron chi connectivity index (χ4n) is 2.32. The summed E-state index contributed by atoms with van der Waals surface area (Å²) >= 11 is 1.62. The minimum absolute atomic E-state index is 0.0229. The zero-order valence-electron chi connectivity index (χ0n) is 14.2. The van der Waals surface area contributed by atoms with Crippen molar-refractivity contribution in [2.24, 2.45) is 0 Å². The van der Waals surface area contributed by atoms with Crippen molar-refractivity contribution >= 4 is 23.4 Å². The first-order valence-electron chi connectivity index (χ1n) is 7.58. The zero-order valence-corrected chi connectivity index (χ0v) is 15.1. The van der Waals surface area contributed by atoms with Crippen LogP contribution in [0.15, 0.2) is 18.5 Å². The largest absolute Gasteiger partial charge is 0.476 e. The predicted octanol–water partition coefficient (Wildman–Crippen LogP) is 2.83. The number of ether oxygens (including phenoxy) is 1. The van der Waals surface area contributed by atoms with Gasteiger partial charge in [-0.15, -0.1) is 0 Å². The molecule has 8 heteroatoms. The smallest absolute Gasteiger partial charge is 0.241 e. The molecule has 0 unspecified atom stereocenters. The summed E-state index contributed by atoms with van der Waals surface area (Å²) in [6, 6.07) is 1.32. The third kappa shape index (κ3) is 3.87. The molecule has 0 aromatic carbocycles. The number of thioether (sulfide) groups is 1. The van der Waals surface area contributed by atoms with Crippen LogP contribution in [0.1, 0.15) is 19.0 Å². The van der Waals surface area contributed by atoms with E-state index in [9.17, 15) is 9.18 Å².